The van der Waals surface area contributed by atoms with Crippen molar-refractivity contribution in [2.24, 2.45) is 11.8 Å². The van der Waals surface area contributed by atoms with Gasteiger partial charge in [-0.05, 0) is 48.1 Å². The number of nitrogens with one attached hydrogen (secondary N) is 1. The average Bonchev–Trinajstić information content (AvgIpc) is 3.21. The summed E-state index contributed by atoms with van der Waals surface area (Å²) in [6, 6.07) is 12.8. The third-order valence-corrected chi connectivity index (χ3v) is 6.76. The van der Waals surface area contributed by atoms with Gasteiger partial charge in [0, 0.05) is 38.7 Å². The van der Waals surface area contributed by atoms with Gasteiger partial charge in [0.1, 0.15) is 11.6 Å². The lowest BCUT2D eigenvalue weighted by molar-refractivity contribution is -0.130. The van der Waals surface area contributed by atoms with Crippen molar-refractivity contribution >= 4 is 27.5 Å². The van der Waals surface area contributed by atoms with Gasteiger partial charge in [-0.2, -0.15) is 0 Å². The second kappa shape index (κ2) is 7.39. The fourth-order valence-corrected chi connectivity index (χ4v) is 5.07. The van der Waals surface area contributed by atoms with E-state index in [4.69, 9.17) is 4.74 Å². The molecule has 1 aliphatic heterocycles. The predicted molar refractivity (Wildman–Crippen MR) is 111 cm³/mol. The van der Waals surface area contributed by atoms with Crippen LogP contribution in [0.4, 0.5) is 4.39 Å². The minimum Gasteiger partial charge on any atom is -0.431 e. The van der Waals surface area contributed by atoms with E-state index in [2.05, 4.69) is 10.3 Å². The van der Waals surface area contributed by atoms with Crippen molar-refractivity contribution in [3.8, 4) is 10.9 Å². The Bertz CT molecular complexity index is 1050. The first kappa shape index (κ1) is 18.5. The molecule has 1 saturated carbocycles. The van der Waals surface area contributed by atoms with E-state index in [1.54, 1.807) is 13.0 Å². The van der Waals surface area contributed by atoms with Gasteiger partial charge in [-0.3, -0.25) is 4.79 Å². The summed E-state index contributed by atoms with van der Waals surface area (Å²) >= 11 is 1.40. The molecule has 1 aliphatic carbocycles. The summed E-state index contributed by atoms with van der Waals surface area (Å²) < 4.78 is 20.0. The quantitative estimate of drug-likeness (QED) is 0.661. The Morgan fingerprint density at radius 3 is 2.93 bits per heavy atom. The molecule has 1 saturated heterocycles. The first-order chi connectivity index (χ1) is 14.1. The van der Waals surface area contributed by atoms with E-state index in [0.717, 1.165) is 35.8 Å². The van der Waals surface area contributed by atoms with Crippen LogP contribution in [0, 0.1) is 17.7 Å². The molecule has 0 radical (unpaired) electrons. The molecule has 5 nitrogen and oxygen atoms in total. The molecule has 150 valence electrons. The minimum absolute atomic E-state index is 0.183. The van der Waals surface area contributed by atoms with Gasteiger partial charge in [-0.1, -0.05) is 23.5 Å². The number of hydrogen-bond donors (Lipinski definition) is 1. The van der Waals surface area contributed by atoms with Crippen molar-refractivity contribution in [1.29, 1.82) is 0 Å². The Labute approximate surface area is 172 Å². The first-order valence-electron chi connectivity index (χ1n) is 9.87. The van der Waals surface area contributed by atoms with E-state index in [9.17, 15) is 9.18 Å². The van der Waals surface area contributed by atoms with Crippen LogP contribution in [-0.2, 0) is 11.3 Å². The third kappa shape index (κ3) is 3.84. The summed E-state index contributed by atoms with van der Waals surface area (Å²) in [7, 11) is 0. The zero-order valence-electron chi connectivity index (χ0n) is 16.1. The smallest absolute Gasteiger partial charge is 0.279 e. The molecule has 1 N–H and O–H groups in total. The van der Waals surface area contributed by atoms with Crippen LogP contribution in [0.5, 0.6) is 10.9 Å². The number of aromatic nitrogens is 1. The minimum atomic E-state index is -0.299. The summed E-state index contributed by atoms with van der Waals surface area (Å²) in [4.78, 5) is 18.1. The summed E-state index contributed by atoms with van der Waals surface area (Å²) in [5, 5.41) is 4.00. The van der Waals surface area contributed by atoms with Crippen molar-refractivity contribution in [2.45, 2.75) is 25.9 Å². The molecule has 2 aromatic carbocycles. The summed E-state index contributed by atoms with van der Waals surface area (Å²) in [6.07, 6.45) is 1.26. The molecule has 2 heterocycles. The van der Waals surface area contributed by atoms with Crippen LogP contribution in [0.3, 0.4) is 0 Å². The van der Waals surface area contributed by atoms with Crippen LogP contribution >= 0.6 is 11.3 Å². The number of thiazole rings is 1. The topological polar surface area (TPSA) is 54.5 Å². The monoisotopic (exact) mass is 411 g/mol. The van der Waals surface area contributed by atoms with Crippen LogP contribution in [0.25, 0.3) is 10.2 Å². The lowest BCUT2D eigenvalue weighted by Gasteiger charge is -2.26. The zero-order chi connectivity index (χ0) is 20.0. The van der Waals surface area contributed by atoms with Crippen molar-refractivity contribution < 1.29 is 13.9 Å². The maximum atomic E-state index is 13.3. The predicted octanol–water partition coefficient (Wildman–Crippen LogP) is 4.18. The number of rotatable bonds is 6. The number of likely N-dealkylation sites (tertiary alicyclic amines) is 1. The summed E-state index contributed by atoms with van der Waals surface area (Å²) in [5.41, 5.74) is 1.76. The van der Waals surface area contributed by atoms with E-state index >= 15 is 0 Å². The van der Waals surface area contributed by atoms with Crippen LogP contribution < -0.4 is 10.1 Å². The Hall–Kier alpha value is -2.51. The second-order valence-electron chi connectivity index (χ2n) is 7.87. The van der Waals surface area contributed by atoms with Crippen molar-refractivity contribution in [2.75, 3.05) is 13.1 Å². The molecule has 1 amide bonds. The highest BCUT2D eigenvalue weighted by atomic mass is 32.1. The Kier molecular flexibility index (Phi) is 4.72. The van der Waals surface area contributed by atoms with Gasteiger partial charge in [0.2, 0.25) is 5.91 Å². The SMILES string of the molecule is CC(=O)N1CC2CC2C1CNCc1ccc(Oc2nc3cc(F)ccc3s2)cc1. The van der Waals surface area contributed by atoms with Gasteiger partial charge in [0.25, 0.3) is 5.19 Å². The standard InChI is InChI=1S/C22H22FN3O2S/c1-13(27)26-12-15-8-18(15)20(26)11-24-10-14-2-5-17(6-3-14)28-22-25-19-9-16(23)4-7-21(19)29-22/h2-7,9,15,18,20,24H,8,10-12H2,1H3. The molecule has 3 unspecified atom stereocenters. The molecular weight excluding hydrogens is 389 g/mol. The number of amides is 1. The van der Waals surface area contributed by atoms with Gasteiger partial charge >= 0.3 is 0 Å². The highest BCUT2D eigenvalue weighted by Crippen LogP contribution is 2.49. The third-order valence-electron chi connectivity index (χ3n) is 5.85. The van der Waals surface area contributed by atoms with E-state index in [-0.39, 0.29) is 11.7 Å². The molecule has 0 bridgehead atoms. The molecule has 0 spiro atoms. The maximum absolute atomic E-state index is 13.3. The molecule has 3 aromatic rings. The fourth-order valence-electron chi connectivity index (χ4n) is 4.26. The van der Waals surface area contributed by atoms with Crippen LogP contribution in [-0.4, -0.2) is 34.9 Å². The molecule has 29 heavy (non-hydrogen) atoms. The largest absolute Gasteiger partial charge is 0.431 e. The molecule has 3 atom stereocenters. The summed E-state index contributed by atoms with van der Waals surface area (Å²) in [6.45, 7) is 4.18. The number of carbonyl (C=O) groups excluding carboxylic acids is 1. The lowest BCUT2D eigenvalue weighted by atomic mass is 10.1. The number of carbonyl (C=O) groups is 1. The Morgan fingerprint density at radius 2 is 2.14 bits per heavy atom. The van der Waals surface area contributed by atoms with Crippen LogP contribution in [0.2, 0.25) is 0 Å². The van der Waals surface area contributed by atoms with Crippen LogP contribution in [0.15, 0.2) is 42.5 Å². The fraction of sp³-hybridized carbons (Fsp3) is 0.364. The van der Waals surface area contributed by atoms with Gasteiger partial charge in [0.05, 0.1) is 10.2 Å². The number of benzene rings is 2. The molecule has 1 aromatic heterocycles. The average molecular weight is 412 g/mol. The van der Waals surface area contributed by atoms with Crippen molar-refractivity contribution in [3.05, 3.63) is 53.8 Å². The number of fused-ring (bicyclic) bond motifs is 2. The highest BCUT2D eigenvalue weighted by molar-refractivity contribution is 7.20. The van der Waals surface area contributed by atoms with Gasteiger partial charge < -0.3 is 15.0 Å². The second-order valence-corrected chi connectivity index (χ2v) is 8.86. The number of hydrogen-bond acceptors (Lipinski definition) is 5. The molecule has 2 aliphatic rings. The van der Waals surface area contributed by atoms with Crippen molar-refractivity contribution in [3.63, 3.8) is 0 Å². The number of ether oxygens (including phenoxy) is 1. The number of halogens is 1. The van der Waals surface area contributed by atoms with Gasteiger partial charge in [-0.25, -0.2) is 9.37 Å². The number of nitrogens with zero attached hydrogens (tertiary/aromatic N) is 2. The van der Waals surface area contributed by atoms with E-state index in [1.807, 2.05) is 29.2 Å². The number of piperidine rings is 1. The molecule has 2 fully saturated rings. The molecule has 5 rings (SSSR count). The normalized spacial score (nSPS) is 22.7. The lowest BCUT2D eigenvalue weighted by Crippen LogP contribution is -2.43. The maximum Gasteiger partial charge on any atom is 0.279 e. The highest BCUT2D eigenvalue weighted by Gasteiger charge is 2.52. The molecular formula is C22H22FN3O2S. The van der Waals surface area contributed by atoms with Gasteiger partial charge in [-0.15, -0.1) is 0 Å². The zero-order valence-corrected chi connectivity index (χ0v) is 16.9. The Morgan fingerprint density at radius 1 is 1.31 bits per heavy atom. The van der Waals surface area contributed by atoms with Gasteiger partial charge in [0.15, 0.2) is 0 Å². The van der Waals surface area contributed by atoms with Crippen molar-refractivity contribution in [1.82, 2.24) is 15.2 Å². The van der Waals surface area contributed by atoms with Crippen LogP contribution in [0.1, 0.15) is 18.9 Å². The molecule has 7 heteroatoms. The Balaban J connectivity index is 1.16. The summed E-state index contributed by atoms with van der Waals surface area (Å²) in [5.74, 6) is 1.99. The van der Waals surface area contributed by atoms with E-state index in [1.165, 1.54) is 29.9 Å². The first-order valence-corrected chi connectivity index (χ1v) is 10.7. The van der Waals surface area contributed by atoms with E-state index in [0.29, 0.717) is 28.4 Å². The van der Waals surface area contributed by atoms with E-state index < -0.39 is 0 Å².